The maximum Gasteiger partial charge on any atom is 0.0784 e. The van der Waals surface area contributed by atoms with Crippen LogP contribution in [-0.2, 0) is 0 Å². The van der Waals surface area contributed by atoms with Crippen molar-refractivity contribution in [3.63, 3.8) is 0 Å². The van der Waals surface area contributed by atoms with E-state index in [0.717, 1.165) is 72.3 Å². The van der Waals surface area contributed by atoms with E-state index in [2.05, 4.69) is 189 Å². The summed E-state index contributed by atoms with van der Waals surface area (Å²) < 4.78 is 0. The van der Waals surface area contributed by atoms with Gasteiger partial charge in [-0.25, -0.2) is 4.99 Å². The van der Waals surface area contributed by atoms with Crippen molar-refractivity contribution in [3.8, 4) is 33.4 Å². The van der Waals surface area contributed by atoms with Gasteiger partial charge in [0.05, 0.1) is 11.4 Å². The minimum Gasteiger partial charge on any atom is -0.264 e. The topological polar surface area (TPSA) is 25.2 Å². The van der Waals surface area contributed by atoms with Crippen molar-refractivity contribution in [3.05, 3.63) is 217 Å². The Kier molecular flexibility index (Phi) is 9.49. The summed E-state index contributed by atoms with van der Waals surface area (Å²) in [5.41, 5.74) is 15.0. The Bertz CT molecular complexity index is 2760. The lowest BCUT2D eigenvalue weighted by Gasteiger charge is -2.14. The molecule has 0 fully saturated rings. The Morgan fingerprint density at radius 3 is 1.94 bits per heavy atom. The number of aliphatic imine (C=N–C) groups is 1. The van der Waals surface area contributed by atoms with Gasteiger partial charge < -0.3 is 0 Å². The quantitative estimate of drug-likeness (QED) is 0.138. The standard InChI is InChI=1S/C52H40N2/c1-5-11-39-20-23-44(28-37(39)6-2)48-31-47(32-49(33-48)45-24-21-42-26-27-53-34-50(42)30-45)41-18-16-38(17-19-41)36(4)54-52(51-15-10-7-12-35(51)3)46-25-22-40-13-8-9-14-43(40)29-46/h5-34H,2,4H2,1,3H3/b11-5-,54-52?. The first-order valence-corrected chi connectivity index (χ1v) is 18.3. The molecule has 258 valence electrons. The summed E-state index contributed by atoms with van der Waals surface area (Å²) in [4.78, 5) is 9.61. The van der Waals surface area contributed by atoms with Gasteiger partial charge in [-0.1, -0.05) is 141 Å². The molecule has 0 unspecified atom stereocenters. The number of benzene rings is 7. The minimum atomic E-state index is 0.713. The summed E-state index contributed by atoms with van der Waals surface area (Å²) in [6.45, 7) is 12.7. The van der Waals surface area contributed by atoms with Crippen LogP contribution in [0.15, 0.2) is 188 Å². The molecule has 2 nitrogen and oxygen atoms in total. The van der Waals surface area contributed by atoms with Crippen LogP contribution in [0.1, 0.15) is 40.3 Å². The Morgan fingerprint density at radius 2 is 1.19 bits per heavy atom. The van der Waals surface area contributed by atoms with Gasteiger partial charge in [0.2, 0.25) is 0 Å². The Hall–Kier alpha value is -6.90. The second-order valence-corrected chi connectivity index (χ2v) is 13.6. The zero-order valence-corrected chi connectivity index (χ0v) is 30.6. The van der Waals surface area contributed by atoms with Crippen LogP contribution in [0.2, 0.25) is 0 Å². The summed E-state index contributed by atoms with van der Waals surface area (Å²) in [5.74, 6) is 0. The van der Waals surface area contributed by atoms with E-state index < -0.39 is 0 Å². The van der Waals surface area contributed by atoms with Crippen molar-refractivity contribution in [2.75, 3.05) is 0 Å². The van der Waals surface area contributed by atoms with Gasteiger partial charge in [0.25, 0.3) is 0 Å². The molecule has 0 spiro atoms. The SMILES string of the molecule is C=Cc1cc(-c2cc(-c3ccc(C(=C)N=C(c4ccc5ccccc5c4)c4ccccc4C)cc3)cc(-c3ccc4ccncc4c3)c2)ccc1/C=C\C. The van der Waals surface area contributed by atoms with Crippen molar-refractivity contribution >= 4 is 45.1 Å². The number of hydrogen-bond acceptors (Lipinski definition) is 2. The molecular formula is C52H40N2. The van der Waals surface area contributed by atoms with Gasteiger partial charge in [-0.05, 0) is 128 Å². The van der Waals surface area contributed by atoms with Crippen LogP contribution in [0.25, 0.3) is 72.8 Å². The smallest absolute Gasteiger partial charge is 0.0784 e. The fourth-order valence-electron chi connectivity index (χ4n) is 7.16. The van der Waals surface area contributed by atoms with Crippen molar-refractivity contribution in [1.82, 2.24) is 4.98 Å². The summed E-state index contributed by atoms with van der Waals surface area (Å²) in [7, 11) is 0. The monoisotopic (exact) mass is 692 g/mol. The van der Waals surface area contributed by atoms with Crippen LogP contribution >= 0.6 is 0 Å². The average molecular weight is 693 g/mol. The van der Waals surface area contributed by atoms with E-state index in [9.17, 15) is 0 Å². The number of rotatable bonds is 9. The summed E-state index contributed by atoms with van der Waals surface area (Å²) in [5, 5.41) is 4.67. The molecule has 0 bridgehead atoms. The lowest BCUT2D eigenvalue weighted by atomic mass is 9.91. The molecule has 0 saturated heterocycles. The fraction of sp³-hybridized carbons (Fsp3) is 0.0385. The number of nitrogens with zero attached hydrogens (tertiary/aromatic N) is 2. The Morgan fingerprint density at radius 1 is 0.556 bits per heavy atom. The molecule has 0 aliphatic rings. The van der Waals surface area contributed by atoms with Crippen LogP contribution in [-0.4, -0.2) is 10.7 Å². The minimum absolute atomic E-state index is 0.713. The maximum atomic E-state index is 5.23. The molecule has 0 saturated carbocycles. The maximum absolute atomic E-state index is 5.23. The van der Waals surface area contributed by atoms with Gasteiger partial charge in [0, 0.05) is 28.9 Å². The lowest BCUT2D eigenvalue weighted by Crippen LogP contribution is -2.06. The van der Waals surface area contributed by atoms with Crippen molar-refractivity contribution < 1.29 is 0 Å². The normalized spacial score (nSPS) is 11.7. The first-order chi connectivity index (χ1) is 26.5. The Balaban J connectivity index is 1.20. The highest BCUT2D eigenvalue weighted by Gasteiger charge is 2.14. The summed E-state index contributed by atoms with van der Waals surface area (Å²) >= 11 is 0. The predicted octanol–water partition coefficient (Wildman–Crippen LogP) is 13.9. The van der Waals surface area contributed by atoms with E-state index in [0.29, 0.717) is 5.70 Å². The zero-order valence-electron chi connectivity index (χ0n) is 30.6. The first kappa shape index (κ1) is 34.2. The van der Waals surface area contributed by atoms with Crippen LogP contribution in [0.3, 0.4) is 0 Å². The molecule has 54 heavy (non-hydrogen) atoms. The molecule has 1 heterocycles. The number of aryl methyl sites for hydroxylation is 1. The summed E-state index contributed by atoms with van der Waals surface area (Å²) in [6.07, 6.45) is 9.88. The number of allylic oxidation sites excluding steroid dienone is 1. The Labute approximate surface area is 317 Å². The molecule has 0 amide bonds. The number of aromatic nitrogens is 1. The molecule has 1 aromatic heterocycles. The average Bonchev–Trinajstić information content (AvgIpc) is 3.23. The summed E-state index contributed by atoms with van der Waals surface area (Å²) in [6, 6.07) is 54.1. The van der Waals surface area contributed by atoms with Crippen molar-refractivity contribution in [2.24, 2.45) is 4.99 Å². The molecule has 0 N–H and O–H groups in total. The van der Waals surface area contributed by atoms with E-state index in [1.807, 2.05) is 25.4 Å². The van der Waals surface area contributed by atoms with Crippen molar-refractivity contribution in [2.45, 2.75) is 13.8 Å². The van der Waals surface area contributed by atoms with Gasteiger partial charge in [0.15, 0.2) is 0 Å². The molecule has 2 heteroatoms. The highest BCUT2D eigenvalue weighted by Crippen LogP contribution is 2.36. The highest BCUT2D eigenvalue weighted by atomic mass is 14.8. The lowest BCUT2D eigenvalue weighted by molar-refractivity contribution is 1.36. The van der Waals surface area contributed by atoms with Crippen LogP contribution in [0, 0.1) is 6.92 Å². The van der Waals surface area contributed by atoms with E-state index in [-0.39, 0.29) is 0 Å². The molecule has 0 radical (unpaired) electrons. The third-order valence-electron chi connectivity index (χ3n) is 10.1. The fourth-order valence-corrected chi connectivity index (χ4v) is 7.16. The number of hydrogen-bond donors (Lipinski definition) is 0. The molecule has 0 atom stereocenters. The molecule has 7 aromatic carbocycles. The molecule has 8 rings (SSSR count). The second kappa shape index (κ2) is 15.0. The van der Waals surface area contributed by atoms with Gasteiger partial charge in [-0.3, -0.25) is 4.98 Å². The van der Waals surface area contributed by atoms with Crippen LogP contribution in [0.5, 0.6) is 0 Å². The van der Waals surface area contributed by atoms with Gasteiger partial charge in [0.1, 0.15) is 0 Å². The number of pyridine rings is 1. The predicted molar refractivity (Wildman–Crippen MR) is 233 cm³/mol. The third-order valence-corrected chi connectivity index (χ3v) is 10.1. The molecule has 8 aromatic rings. The highest BCUT2D eigenvalue weighted by molar-refractivity contribution is 6.16. The van der Waals surface area contributed by atoms with Crippen LogP contribution in [0.4, 0.5) is 0 Å². The van der Waals surface area contributed by atoms with Crippen LogP contribution < -0.4 is 0 Å². The van der Waals surface area contributed by atoms with Crippen molar-refractivity contribution in [1.29, 1.82) is 0 Å². The van der Waals surface area contributed by atoms with E-state index in [1.165, 1.54) is 21.7 Å². The number of fused-ring (bicyclic) bond motifs is 2. The van der Waals surface area contributed by atoms with E-state index >= 15 is 0 Å². The molecule has 0 aliphatic carbocycles. The molecular weight excluding hydrogens is 653 g/mol. The third kappa shape index (κ3) is 6.98. The second-order valence-electron chi connectivity index (χ2n) is 13.6. The van der Waals surface area contributed by atoms with E-state index in [4.69, 9.17) is 4.99 Å². The largest absolute Gasteiger partial charge is 0.264 e. The van der Waals surface area contributed by atoms with Gasteiger partial charge in [-0.2, -0.15) is 0 Å². The first-order valence-electron chi connectivity index (χ1n) is 18.3. The van der Waals surface area contributed by atoms with E-state index in [1.54, 1.807) is 0 Å². The van der Waals surface area contributed by atoms with Gasteiger partial charge in [-0.15, -0.1) is 0 Å². The zero-order chi connectivity index (χ0) is 37.0. The molecule has 0 aliphatic heterocycles. The van der Waals surface area contributed by atoms with Gasteiger partial charge >= 0.3 is 0 Å².